The fourth-order valence-electron chi connectivity index (χ4n) is 4.07. The van der Waals surface area contributed by atoms with Crippen LogP contribution in [0.3, 0.4) is 0 Å². The number of likely N-dealkylation sites (tertiary alicyclic amines) is 1. The third-order valence-corrected chi connectivity index (χ3v) is 5.36. The molecule has 5 heteroatoms. The van der Waals surface area contributed by atoms with Gasteiger partial charge >= 0.3 is 0 Å². The van der Waals surface area contributed by atoms with Gasteiger partial charge in [-0.1, -0.05) is 30.3 Å². The lowest BCUT2D eigenvalue weighted by Gasteiger charge is -2.42. The van der Waals surface area contributed by atoms with Crippen molar-refractivity contribution in [1.82, 2.24) is 10.2 Å². The third kappa shape index (κ3) is 2.50. The van der Waals surface area contributed by atoms with E-state index in [0.717, 1.165) is 12.8 Å². The first-order chi connectivity index (χ1) is 11.7. The Morgan fingerprint density at radius 1 is 1.17 bits per heavy atom. The summed E-state index contributed by atoms with van der Waals surface area (Å²) in [6.45, 7) is 1.29. The number of carbonyl (C=O) groups excluding carboxylic acids is 2. The topological polar surface area (TPSA) is 62.6 Å². The molecule has 2 aliphatic rings. The molecule has 2 fully saturated rings. The highest BCUT2D eigenvalue weighted by Crippen LogP contribution is 2.43. The molecule has 2 aromatic rings. The predicted molar refractivity (Wildman–Crippen MR) is 88.5 cm³/mol. The zero-order valence-corrected chi connectivity index (χ0v) is 13.4. The molecule has 0 bridgehead atoms. The monoisotopic (exact) mass is 324 g/mol. The average molecular weight is 324 g/mol. The van der Waals surface area contributed by atoms with Crippen LogP contribution in [0.5, 0.6) is 0 Å². The van der Waals surface area contributed by atoms with Crippen LogP contribution in [0.25, 0.3) is 0 Å². The third-order valence-electron chi connectivity index (χ3n) is 5.36. The number of carbonyl (C=O) groups is 2. The molecule has 2 saturated heterocycles. The SMILES string of the molecule is O=C1CC(c2ccccc2)C2(CCN(C(=O)c3ccoc3)CC2)N1. The Morgan fingerprint density at radius 2 is 1.92 bits per heavy atom. The van der Waals surface area contributed by atoms with E-state index in [0.29, 0.717) is 25.1 Å². The maximum absolute atomic E-state index is 12.5. The summed E-state index contributed by atoms with van der Waals surface area (Å²) in [6.07, 6.45) is 5.08. The molecule has 1 atom stereocenters. The summed E-state index contributed by atoms with van der Waals surface area (Å²) in [7, 11) is 0. The number of amides is 2. The fourth-order valence-corrected chi connectivity index (χ4v) is 4.07. The van der Waals surface area contributed by atoms with Crippen molar-refractivity contribution in [3.05, 3.63) is 60.1 Å². The smallest absolute Gasteiger partial charge is 0.257 e. The number of furan rings is 1. The van der Waals surface area contributed by atoms with E-state index in [1.165, 1.54) is 18.1 Å². The summed E-state index contributed by atoms with van der Waals surface area (Å²) < 4.78 is 5.00. The van der Waals surface area contributed by atoms with E-state index in [2.05, 4.69) is 17.4 Å². The minimum atomic E-state index is -0.231. The van der Waals surface area contributed by atoms with Gasteiger partial charge in [0.1, 0.15) is 6.26 Å². The van der Waals surface area contributed by atoms with E-state index in [-0.39, 0.29) is 23.3 Å². The van der Waals surface area contributed by atoms with E-state index in [4.69, 9.17) is 4.42 Å². The molecule has 2 amide bonds. The van der Waals surface area contributed by atoms with Gasteiger partial charge in [0.2, 0.25) is 5.91 Å². The number of piperidine rings is 1. The Morgan fingerprint density at radius 3 is 2.58 bits per heavy atom. The number of benzene rings is 1. The van der Waals surface area contributed by atoms with Crippen LogP contribution in [-0.2, 0) is 4.79 Å². The minimum Gasteiger partial charge on any atom is -0.472 e. The van der Waals surface area contributed by atoms with Crippen LogP contribution in [0.1, 0.15) is 41.1 Å². The average Bonchev–Trinajstić information content (AvgIpc) is 3.24. The van der Waals surface area contributed by atoms with Crippen molar-refractivity contribution < 1.29 is 14.0 Å². The second-order valence-corrected chi connectivity index (χ2v) is 6.68. The lowest BCUT2D eigenvalue weighted by molar-refractivity contribution is -0.120. The van der Waals surface area contributed by atoms with E-state index in [1.807, 2.05) is 23.1 Å². The highest BCUT2D eigenvalue weighted by molar-refractivity contribution is 5.94. The predicted octanol–water partition coefficient (Wildman–Crippen LogP) is 2.56. The zero-order chi connectivity index (χ0) is 16.6. The van der Waals surface area contributed by atoms with E-state index >= 15 is 0 Å². The van der Waals surface area contributed by atoms with Crippen molar-refractivity contribution in [2.45, 2.75) is 30.7 Å². The molecule has 4 rings (SSSR count). The Balaban J connectivity index is 1.52. The first-order valence-corrected chi connectivity index (χ1v) is 8.35. The van der Waals surface area contributed by atoms with Crippen LogP contribution in [-0.4, -0.2) is 35.3 Å². The van der Waals surface area contributed by atoms with Crippen LogP contribution in [0.2, 0.25) is 0 Å². The van der Waals surface area contributed by atoms with Crippen molar-refractivity contribution in [1.29, 1.82) is 0 Å². The molecule has 0 aliphatic carbocycles. The molecule has 0 saturated carbocycles. The summed E-state index contributed by atoms with van der Waals surface area (Å²) in [5.74, 6) is 0.287. The normalized spacial score (nSPS) is 22.6. The molecular formula is C19H20N2O3. The first-order valence-electron chi connectivity index (χ1n) is 8.35. The van der Waals surface area contributed by atoms with Gasteiger partial charge in [0.05, 0.1) is 17.4 Å². The van der Waals surface area contributed by atoms with Crippen molar-refractivity contribution >= 4 is 11.8 Å². The van der Waals surface area contributed by atoms with Crippen LogP contribution in [0.15, 0.2) is 53.3 Å². The highest BCUT2D eigenvalue weighted by atomic mass is 16.3. The Hall–Kier alpha value is -2.56. The van der Waals surface area contributed by atoms with Gasteiger partial charge in [-0.05, 0) is 24.5 Å². The maximum atomic E-state index is 12.5. The van der Waals surface area contributed by atoms with Gasteiger partial charge in [-0.3, -0.25) is 9.59 Å². The maximum Gasteiger partial charge on any atom is 0.257 e. The van der Waals surface area contributed by atoms with Crippen LogP contribution in [0.4, 0.5) is 0 Å². The molecule has 1 unspecified atom stereocenters. The van der Waals surface area contributed by atoms with Gasteiger partial charge in [-0.2, -0.15) is 0 Å². The number of rotatable bonds is 2. The molecule has 124 valence electrons. The molecule has 2 aliphatic heterocycles. The highest BCUT2D eigenvalue weighted by Gasteiger charge is 2.49. The van der Waals surface area contributed by atoms with Crippen molar-refractivity contribution in [2.24, 2.45) is 0 Å². The molecule has 5 nitrogen and oxygen atoms in total. The second-order valence-electron chi connectivity index (χ2n) is 6.68. The number of hydrogen-bond acceptors (Lipinski definition) is 3. The molecule has 1 spiro atoms. The lowest BCUT2D eigenvalue weighted by atomic mass is 9.74. The van der Waals surface area contributed by atoms with E-state index < -0.39 is 0 Å². The quantitative estimate of drug-likeness (QED) is 0.923. The zero-order valence-electron chi connectivity index (χ0n) is 13.4. The van der Waals surface area contributed by atoms with Gasteiger partial charge in [0, 0.05) is 25.4 Å². The summed E-state index contributed by atoms with van der Waals surface area (Å²) >= 11 is 0. The molecule has 0 radical (unpaired) electrons. The van der Waals surface area contributed by atoms with Gasteiger partial charge in [-0.25, -0.2) is 0 Å². The standard InChI is InChI=1S/C19H20N2O3/c22-17-12-16(14-4-2-1-3-5-14)19(20-17)7-9-21(10-8-19)18(23)15-6-11-24-13-15/h1-6,11,13,16H,7-10,12H2,(H,20,22). The summed E-state index contributed by atoms with van der Waals surface area (Å²) in [4.78, 5) is 26.4. The van der Waals surface area contributed by atoms with Crippen LogP contribution < -0.4 is 5.32 Å². The first kappa shape index (κ1) is 15.0. The molecule has 1 aromatic heterocycles. The summed E-state index contributed by atoms with van der Waals surface area (Å²) in [5, 5.41) is 3.22. The summed E-state index contributed by atoms with van der Waals surface area (Å²) in [6, 6.07) is 11.9. The van der Waals surface area contributed by atoms with Gasteiger partial charge in [0.25, 0.3) is 5.91 Å². The largest absolute Gasteiger partial charge is 0.472 e. The number of nitrogens with one attached hydrogen (secondary N) is 1. The van der Waals surface area contributed by atoms with Crippen molar-refractivity contribution in [2.75, 3.05) is 13.1 Å². The van der Waals surface area contributed by atoms with Crippen LogP contribution >= 0.6 is 0 Å². The molecule has 3 heterocycles. The Labute approximate surface area is 140 Å². The van der Waals surface area contributed by atoms with Crippen LogP contribution in [0, 0.1) is 0 Å². The second kappa shape index (κ2) is 5.82. The summed E-state index contributed by atoms with van der Waals surface area (Å²) in [5.41, 5.74) is 1.55. The van der Waals surface area contributed by atoms with E-state index in [1.54, 1.807) is 6.07 Å². The fraction of sp³-hybridized carbons (Fsp3) is 0.368. The van der Waals surface area contributed by atoms with Crippen molar-refractivity contribution in [3.63, 3.8) is 0 Å². The minimum absolute atomic E-state index is 0.000755. The van der Waals surface area contributed by atoms with Gasteiger partial charge in [0.15, 0.2) is 0 Å². The molecule has 24 heavy (non-hydrogen) atoms. The lowest BCUT2D eigenvalue weighted by Crippen LogP contribution is -2.54. The Bertz CT molecular complexity index is 731. The van der Waals surface area contributed by atoms with E-state index in [9.17, 15) is 9.59 Å². The molecule has 1 N–H and O–H groups in total. The number of nitrogens with zero attached hydrogens (tertiary/aromatic N) is 1. The Kier molecular flexibility index (Phi) is 3.63. The molecular weight excluding hydrogens is 304 g/mol. The molecule has 1 aromatic carbocycles. The van der Waals surface area contributed by atoms with Gasteiger partial charge in [-0.15, -0.1) is 0 Å². The number of hydrogen-bond donors (Lipinski definition) is 1. The van der Waals surface area contributed by atoms with Gasteiger partial charge < -0.3 is 14.6 Å². The van der Waals surface area contributed by atoms with Crippen molar-refractivity contribution in [3.8, 4) is 0 Å².